The molecule has 0 bridgehead atoms. The van der Waals surface area contributed by atoms with Crippen LogP contribution in [0.15, 0.2) is 52.9 Å². The van der Waals surface area contributed by atoms with Gasteiger partial charge in [-0.3, -0.25) is 10.1 Å². The zero-order chi connectivity index (χ0) is 18.7. The number of nitro groups is 1. The number of rotatable bonds is 5. The lowest BCUT2D eigenvalue weighted by atomic mass is 10.1. The summed E-state index contributed by atoms with van der Waals surface area (Å²) < 4.78 is 49.6. The lowest BCUT2D eigenvalue weighted by molar-refractivity contribution is -0.386. The molecule has 2 aromatic carbocycles. The number of aromatic nitrogens is 2. The van der Waals surface area contributed by atoms with Gasteiger partial charge in [0.15, 0.2) is 12.4 Å². The van der Waals surface area contributed by atoms with E-state index in [0.29, 0.717) is 0 Å². The minimum absolute atomic E-state index is 0.0204. The van der Waals surface area contributed by atoms with Crippen molar-refractivity contribution in [2.24, 2.45) is 0 Å². The molecule has 0 amide bonds. The average Bonchev–Trinajstić information content (AvgIpc) is 3.08. The monoisotopic (exact) mass is 365 g/mol. The van der Waals surface area contributed by atoms with E-state index in [-0.39, 0.29) is 35.4 Å². The van der Waals surface area contributed by atoms with Crippen molar-refractivity contribution in [2.45, 2.75) is 12.8 Å². The third kappa shape index (κ3) is 3.63. The van der Waals surface area contributed by atoms with Crippen LogP contribution in [0.1, 0.15) is 11.5 Å². The molecule has 0 spiro atoms. The van der Waals surface area contributed by atoms with Crippen molar-refractivity contribution in [1.82, 2.24) is 10.2 Å². The Labute approximate surface area is 144 Å². The molecule has 0 N–H and O–H groups in total. The largest absolute Gasteiger partial charge is 0.477 e. The summed E-state index contributed by atoms with van der Waals surface area (Å²) in [5, 5.41) is 18.1. The Morgan fingerprint density at radius 1 is 1.08 bits per heavy atom. The first-order valence-electron chi connectivity index (χ1n) is 7.21. The molecule has 134 valence electrons. The van der Waals surface area contributed by atoms with Crippen molar-refractivity contribution in [3.63, 3.8) is 0 Å². The summed E-state index contributed by atoms with van der Waals surface area (Å²) in [5.41, 5.74) is -1.42. The van der Waals surface area contributed by atoms with Crippen molar-refractivity contribution in [3.8, 4) is 17.2 Å². The van der Waals surface area contributed by atoms with E-state index in [9.17, 15) is 23.3 Å². The van der Waals surface area contributed by atoms with Crippen LogP contribution in [0.2, 0.25) is 0 Å². The summed E-state index contributed by atoms with van der Waals surface area (Å²) in [7, 11) is 0. The summed E-state index contributed by atoms with van der Waals surface area (Å²) in [5.74, 6) is -0.456. The average molecular weight is 365 g/mol. The fourth-order valence-electron chi connectivity index (χ4n) is 2.21. The number of hydrogen-bond acceptors (Lipinski definition) is 6. The first-order chi connectivity index (χ1) is 12.4. The number of alkyl halides is 3. The molecule has 0 saturated heterocycles. The Balaban J connectivity index is 1.81. The van der Waals surface area contributed by atoms with E-state index in [4.69, 9.17) is 9.15 Å². The summed E-state index contributed by atoms with van der Waals surface area (Å²) in [4.78, 5) is 10.3. The molecule has 0 aliphatic heterocycles. The molecule has 0 aliphatic carbocycles. The molecular formula is C16H10F3N3O4. The predicted octanol–water partition coefficient (Wildman–Crippen LogP) is 4.24. The third-order valence-electron chi connectivity index (χ3n) is 3.34. The highest BCUT2D eigenvalue weighted by Gasteiger charge is 2.34. The zero-order valence-corrected chi connectivity index (χ0v) is 12.9. The zero-order valence-electron chi connectivity index (χ0n) is 12.9. The fourth-order valence-corrected chi connectivity index (χ4v) is 2.21. The molecule has 0 fully saturated rings. The second-order valence-electron chi connectivity index (χ2n) is 5.06. The maximum absolute atomic E-state index is 13.1. The topological polar surface area (TPSA) is 91.3 Å². The van der Waals surface area contributed by atoms with E-state index in [2.05, 4.69) is 10.2 Å². The maximum atomic E-state index is 13.1. The number of nitro benzene ring substituents is 1. The Bertz CT molecular complexity index is 940. The SMILES string of the molecule is O=[N+]([O-])c1ccccc1OCc1nnc(-c2ccccc2C(F)(F)F)o1. The van der Waals surface area contributed by atoms with Crippen LogP contribution in [-0.2, 0) is 12.8 Å². The van der Waals surface area contributed by atoms with E-state index in [0.717, 1.165) is 6.07 Å². The van der Waals surface area contributed by atoms with Crippen molar-refractivity contribution >= 4 is 5.69 Å². The van der Waals surface area contributed by atoms with Crippen molar-refractivity contribution in [1.29, 1.82) is 0 Å². The molecule has 7 nitrogen and oxygen atoms in total. The molecule has 0 unspecified atom stereocenters. The summed E-state index contributed by atoms with van der Waals surface area (Å²) in [6, 6.07) is 10.4. The number of halogens is 3. The van der Waals surface area contributed by atoms with Gasteiger partial charge < -0.3 is 9.15 Å². The number of benzene rings is 2. The van der Waals surface area contributed by atoms with Gasteiger partial charge in [-0.2, -0.15) is 13.2 Å². The normalized spacial score (nSPS) is 11.3. The van der Waals surface area contributed by atoms with Gasteiger partial charge in [-0.05, 0) is 18.2 Å². The van der Waals surface area contributed by atoms with E-state index in [1.807, 2.05) is 0 Å². The van der Waals surface area contributed by atoms with Crippen molar-refractivity contribution in [2.75, 3.05) is 0 Å². The molecular weight excluding hydrogens is 355 g/mol. The smallest absolute Gasteiger partial charge is 0.417 e. The molecule has 0 atom stereocenters. The molecule has 0 saturated carbocycles. The van der Waals surface area contributed by atoms with E-state index < -0.39 is 16.7 Å². The lowest BCUT2D eigenvalue weighted by Gasteiger charge is -2.09. The van der Waals surface area contributed by atoms with Crippen LogP contribution < -0.4 is 4.74 Å². The Morgan fingerprint density at radius 3 is 2.50 bits per heavy atom. The predicted molar refractivity (Wildman–Crippen MR) is 82.2 cm³/mol. The summed E-state index contributed by atoms with van der Waals surface area (Å²) in [6.45, 7) is -0.327. The van der Waals surface area contributed by atoms with Gasteiger partial charge in [0.25, 0.3) is 5.89 Å². The van der Waals surface area contributed by atoms with Gasteiger partial charge in [-0.25, -0.2) is 0 Å². The highest BCUT2D eigenvalue weighted by molar-refractivity contribution is 5.59. The van der Waals surface area contributed by atoms with Gasteiger partial charge in [-0.1, -0.05) is 24.3 Å². The van der Waals surface area contributed by atoms with Crippen LogP contribution >= 0.6 is 0 Å². The van der Waals surface area contributed by atoms with Crippen LogP contribution in [-0.4, -0.2) is 15.1 Å². The number of ether oxygens (including phenoxy) is 1. The Kier molecular flexibility index (Phi) is 4.57. The van der Waals surface area contributed by atoms with Gasteiger partial charge in [0.2, 0.25) is 5.89 Å². The van der Waals surface area contributed by atoms with Gasteiger partial charge in [0.05, 0.1) is 16.1 Å². The van der Waals surface area contributed by atoms with Crippen molar-refractivity contribution in [3.05, 3.63) is 70.1 Å². The highest BCUT2D eigenvalue weighted by atomic mass is 19.4. The van der Waals surface area contributed by atoms with Crippen LogP contribution in [0.4, 0.5) is 18.9 Å². The van der Waals surface area contributed by atoms with Gasteiger partial charge in [-0.15, -0.1) is 10.2 Å². The second-order valence-corrected chi connectivity index (χ2v) is 5.06. The Hall–Kier alpha value is -3.43. The summed E-state index contributed by atoms with van der Waals surface area (Å²) >= 11 is 0. The van der Waals surface area contributed by atoms with Gasteiger partial charge in [0.1, 0.15) is 0 Å². The molecule has 1 heterocycles. The van der Waals surface area contributed by atoms with E-state index in [1.54, 1.807) is 6.07 Å². The molecule has 10 heteroatoms. The van der Waals surface area contributed by atoms with Crippen LogP contribution in [0, 0.1) is 10.1 Å². The molecule has 1 aromatic heterocycles. The minimum Gasteiger partial charge on any atom is -0.477 e. The maximum Gasteiger partial charge on any atom is 0.417 e. The molecule has 26 heavy (non-hydrogen) atoms. The fraction of sp³-hybridized carbons (Fsp3) is 0.125. The number of para-hydroxylation sites is 2. The second kappa shape index (κ2) is 6.82. The first-order valence-corrected chi connectivity index (χ1v) is 7.21. The highest BCUT2D eigenvalue weighted by Crippen LogP contribution is 2.36. The first kappa shape index (κ1) is 17.4. The number of hydrogen-bond donors (Lipinski definition) is 0. The third-order valence-corrected chi connectivity index (χ3v) is 3.34. The van der Waals surface area contributed by atoms with E-state index >= 15 is 0 Å². The standard InChI is InChI=1S/C16H10F3N3O4/c17-16(18,19)11-6-2-1-5-10(11)15-21-20-14(26-15)9-25-13-8-4-3-7-12(13)22(23)24/h1-8H,9H2. The Morgan fingerprint density at radius 2 is 1.77 bits per heavy atom. The number of nitrogens with zero attached hydrogens (tertiary/aromatic N) is 3. The van der Waals surface area contributed by atoms with Crippen molar-refractivity contribution < 1.29 is 27.2 Å². The molecule has 0 radical (unpaired) electrons. The molecule has 0 aliphatic rings. The quantitative estimate of drug-likeness (QED) is 0.496. The van der Waals surface area contributed by atoms with Crippen LogP contribution in [0.3, 0.4) is 0 Å². The van der Waals surface area contributed by atoms with Gasteiger partial charge >= 0.3 is 11.9 Å². The minimum atomic E-state index is -4.58. The van der Waals surface area contributed by atoms with E-state index in [1.165, 1.54) is 36.4 Å². The molecule has 3 aromatic rings. The van der Waals surface area contributed by atoms with Crippen LogP contribution in [0.25, 0.3) is 11.5 Å². The molecule has 3 rings (SSSR count). The lowest BCUT2D eigenvalue weighted by Crippen LogP contribution is -2.06. The van der Waals surface area contributed by atoms with Crippen LogP contribution in [0.5, 0.6) is 5.75 Å². The van der Waals surface area contributed by atoms with Gasteiger partial charge in [0, 0.05) is 6.07 Å². The summed E-state index contributed by atoms with van der Waals surface area (Å²) in [6.07, 6.45) is -4.58.